The average Bonchev–Trinajstić information content (AvgIpc) is 3.21. The molecule has 2 N–H and O–H groups in total. The van der Waals surface area contributed by atoms with Gasteiger partial charge < -0.3 is 15.4 Å². The standard InChI is InChI=1S/C17H19N5O2/c1-10-5-4-8-21(10)16(23)12-9-22-15(19-12)11-6-3-7-13(24-2)14(11)20-17(22)18/h3,6-7,9-10H,4-5,8H2,1-2H3,(H2,18,20)/t10-/m0/s1. The van der Waals surface area contributed by atoms with Crippen LogP contribution in [0, 0.1) is 0 Å². The van der Waals surface area contributed by atoms with Crippen molar-refractivity contribution >= 4 is 28.4 Å². The number of carbonyl (C=O) groups excluding carboxylic acids is 1. The van der Waals surface area contributed by atoms with Crippen molar-refractivity contribution < 1.29 is 9.53 Å². The molecule has 24 heavy (non-hydrogen) atoms. The fraction of sp³-hybridized carbons (Fsp3) is 0.353. The number of likely N-dealkylation sites (tertiary alicyclic amines) is 1. The predicted molar refractivity (Wildman–Crippen MR) is 91.2 cm³/mol. The lowest BCUT2D eigenvalue weighted by atomic mass is 10.2. The van der Waals surface area contributed by atoms with Gasteiger partial charge in [-0.3, -0.25) is 9.20 Å². The molecule has 0 bridgehead atoms. The number of nitrogens with zero attached hydrogens (tertiary/aromatic N) is 4. The molecule has 1 amide bonds. The zero-order chi connectivity index (χ0) is 16.8. The van der Waals surface area contributed by atoms with E-state index < -0.39 is 0 Å². The van der Waals surface area contributed by atoms with E-state index in [9.17, 15) is 4.79 Å². The fourth-order valence-corrected chi connectivity index (χ4v) is 3.38. The van der Waals surface area contributed by atoms with Gasteiger partial charge in [0.2, 0.25) is 5.95 Å². The summed E-state index contributed by atoms with van der Waals surface area (Å²) < 4.78 is 7.01. The topological polar surface area (TPSA) is 85.8 Å². The Labute approximate surface area is 139 Å². The van der Waals surface area contributed by atoms with Crippen molar-refractivity contribution in [3.8, 4) is 5.75 Å². The third-order valence-corrected chi connectivity index (χ3v) is 4.67. The number of fused-ring (bicyclic) bond motifs is 3. The summed E-state index contributed by atoms with van der Waals surface area (Å²) in [5, 5.41) is 0.803. The number of amides is 1. The molecule has 0 saturated carbocycles. The highest BCUT2D eigenvalue weighted by Crippen LogP contribution is 2.28. The number of ether oxygens (including phenoxy) is 1. The first kappa shape index (κ1) is 14.7. The predicted octanol–water partition coefficient (Wildman–Crippen LogP) is 2.10. The van der Waals surface area contributed by atoms with E-state index in [2.05, 4.69) is 16.9 Å². The van der Waals surface area contributed by atoms with Crippen molar-refractivity contribution in [2.24, 2.45) is 0 Å². The van der Waals surface area contributed by atoms with E-state index in [1.54, 1.807) is 17.7 Å². The molecule has 7 nitrogen and oxygen atoms in total. The van der Waals surface area contributed by atoms with E-state index in [-0.39, 0.29) is 17.9 Å². The Hall–Kier alpha value is -2.83. The molecule has 0 unspecified atom stereocenters. The van der Waals surface area contributed by atoms with Crippen molar-refractivity contribution in [1.82, 2.24) is 19.3 Å². The number of benzene rings is 1. The lowest BCUT2D eigenvalue weighted by Gasteiger charge is -2.19. The van der Waals surface area contributed by atoms with Gasteiger partial charge >= 0.3 is 0 Å². The molecule has 7 heteroatoms. The van der Waals surface area contributed by atoms with Crippen molar-refractivity contribution in [2.45, 2.75) is 25.8 Å². The lowest BCUT2D eigenvalue weighted by molar-refractivity contribution is 0.0742. The van der Waals surface area contributed by atoms with Crippen LogP contribution in [0.1, 0.15) is 30.3 Å². The Kier molecular flexibility index (Phi) is 3.30. The lowest BCUT2D eigenvalue weighted by Crippen LogP contribution is -2.33. The van der Waals surface area contributed by atoms with Gasteiger partial charge in [0.25, 0.3) is 5.91 Å². The second kappa shape index (κ2) is 5.36. The number of nitrogens with two attached hydrogens (primary N) is 1. The minimum Gasteiger partial charge on any atom is -0.494 e. The molecule has 3 heterocycles. The Morgan fingerprint density at radius 2 is 2.21 bits per heavy atom. The molecule has 1 fully saturated rings. The third kappa shape index (κ3) is 2.08. The Balaban J connectivity index is 1.90. The molecule has 124 valence electrons. The number of anilines is 1. The van der Waals surface area contributed by atoms with Crippen LogP contribution in [0.15, 0.2) is 24.4 Å². The zero-order valence-electron chi connectivity index (χ0n) is 13.7. The van der Waals surface area contributed by atoms with Gasteiger partial charge in [-0.1, -0.05) is 6.07 Å². The summed E-state index contributed by atoms with van der Waals surface area (Å²) >= 11 is 0. The maximum atomic E-state index is 12.8. The van der Waals surface area contributed by atoms with Crippen LogP contribution in [0.5, 0.6) is 5.75 Å². The van der Waals surface area contributed by atoms with Crippen molar-refractivity contribution in [3.05, 3.63) is 30.1 Å². The Morgan fingerprint density at radius 3 is 2.92 bits per heavy atom. The van der Waals surface area contributed by atoms with Gasteiger partial charge in [0, 0.05) is 24.2 Å². The van der Waals surface area contributed by atoms with Crippen LogP contribution >= 0.6 is 0 Å². The molecule has 1 aromatic carbocycles. The van der Waals surface area contributed by atoms with Crippen LogP contribution in [-0.4, -0.2) is 44.9 Å². The van der Waals surface area contributed by atoms with E-state index in [1.165, 1.54) is 0 Å². The summed E-state index contributed by atoms with van der Waals surface area (Å²) in [6, 6.07) is 5.85. The van der Waals surface area contributed by atoms with Crippen LogP contribution in [0.4, 0.5) is 5.95 Å². The minimum atomic E-state index is -0.0563. The van der Waals surface area contributed by atoms with E-state index in [4.69, 9.17) is 10.5 Å². The van der Waals surface area contributed by atoms with Gasteiger partial charge in [-0.15, -0.1) is 0 Å². The highest BCUT2D eigenvalue weighted by atomic mass is 16.5. The van der Waals surface area contributed by atoms with E-state index >= 15 is 0 Å². The molecular formula is C17H19N5O2. The molecule has 4 rings (SSSR count). The summed E-state index contributed by atoms with van der Waals surface area (Å²) in [5.74, 6) is 0.855. The Morgan fingerprint density at radius 1 is 1.38 bits per heavy atom. The number of para-hydroxylation sites is 1. The molecule has 0 aliphatic carbocycles. The van der Waals surface area contributed by atoms with Gasteiger partial charge in [0.1, 0.15) is 22.6 Å². The maximum absolute atomic E-state index is 12.8. The van der Waals surface area contributed by atoms with Crippen LogP contribution < -0.4 is 10.5 Å². The highest BCUT2D eigenvalue weighted by Gasteiger charge is 2.28. The fourth-order valence-electron chi connectivity index (χ4n) is 3.38. The molecule has 2 aromatic heterocycles. The van der Waals surface area contributed by atoms with Gasteiger partial charge in [-0.05, 0) is 31.9 Å². The first-order valence-corrected chi connectivity index (χ1v) is 8.02. The normalized spacial score (nSPS) is 17.8. The summed E-state index contributed by atoms with van der Waals surface area (Å²) in [7, 11) is 1.59. The molecule has 0 radical (unpaired) electrons. The minimum absolute atomic E-state index is 0.0563. The quantitative estimate of drug-likeness (QED) is 0.780. The van der Waals surface area contributed by atoms with Crippen molar-refractivity contribution in [3.63, 3.8) is 0 Å². The Bertz CT molecular complexity index is 949. The number of carbonyl (C=O) groups is 1. The third-order valence-electron chi connectivity index (χ3n) is 4.67. The second-order valence-corrected chi connectivity index (χ2v) is 6.14. The largest absolute Gasteiger partial charge is 0.494 e. The smallest absolute Gasteiger partial charge is 0.274 e. The van der Waals surface area contributed by atoms with Gasteiger partial charge in [-0.2, -0.15) is 0 Å². The van der Waals surface area contributed by atoms with Crippen LogP contribution in [-0.2, 0) is 0 Å². The van der Waals surface area contributed by atoms with Gasteiger partial charge in [-0.25, -0.2) is 9.97 Å². The van der Waals surface area contributed by atoms with Crippen LogP contribution in [0.3, 0.4) is 0 Å². The van der Waals surface area contributed by atoms with E-state index in [0.717, 1.165) is 24.8 Å². The van der Waals surface area contributed by atoms with Gasteiger partial charge in [0.15, 0.2) is 0 Å². The van der Waals surface area contributed by atoms with Gasteiger partial charge in [0.05, 0.1) is 7.11 Å². The monoisotopic (exact) mass is 325 g/mol. The number of imidazole rings is 1. The zero-order valence-corrected chi connectivity index (χ0v) is 13.7. The first-order valence-electron chi connectivity index (χ1n) is 8.02. The van der Waals surface area contributed by atoms with E-state index in [1.807, 2.05) is 23.1 Å². The maximum Gasteiger partial charge on any atom is 0.274 e. The van der Waals surface area contributed by atoms with Crippen LogP contribution in [0.25, 0.3) is 16.6 Å². The molecular weight excluding hydrogens is 306 g/mol. The molecule has 3 aromatic rings. The second-order valence-electron chi connectivity index (χ2n) is 6.14. The highest BCUT2D eigenvalue weighted by molar-refractivity contribution is 5.99. The molecule has 1 saturated heterocycles. The van der Waals surface area contributed by atoms with E-state index in [0.29, 0.717) is 22.6 Å². The number of hydrogen-bond acceptors (Lipinski definition) is 5. The molecule has 1 aliphatic heterocycles. The number of methoxy groups -OCH3 is 1. The summed E-state index contributed by atoms with van der Waals surface area (Å²) in [4.78, 5) is 23.6. The number of nitrogen functional groups attached to an aromatic ring is 1. The number of rotatable bonds is 2. The summed E-state index contributed by atoms with van der Waals surface area (Å²) in [5.41, 5.74) is 7.73. The average molecular weight is 325 g/mol. The van der Waals surface area contributed by atoms with Crippen molar-refractivity contribution in [1.29, 1.82) is 0 Å². The number of hydrogen-bond donors (Lipinski definition) is 1. The first-order chi connectivity index (χ1) is 11.6. The molecule has 1 atom stereocenters. The number of aromatic nitrogens is 3. The SMILES string of the molecule is COc1cccc2c1nc(N)n1cc(C(=O)N3CCC[C@@H]3C)nc21. The summed E-state index contributed by atoms with van der Waals surface area (Å²) in [6.45, 7) is 2.84. The summed E-state index contributed by atoms with van der Waals surface area (Å²) in [6.07, 6.45) is 3.73. The van der Waals surface area contributed by atoms with Crippen LogP contribution in [0.2, 0.25) is 0 Å². The van der Waals surface area contributed by atoms with Crippen molar-refractivity contribution in [2.75, 3.05) is 19.4 Å². The molecule has 0 spiro atoms. The molecule has 1 aliphatic rings.